The lowest BCUT2D eigenvalue weighted by Gasteiger charge is -2.11. The fraction of sp³-hybridized carbons (Fsp3) is 0.300. The summed E-state index contributed by atoms with van der Waals surface area (Å²) in [6.45, 7) is 7.17. The van der Waals surface area contributed by atoms with Crippen molar-refractivity contribution in [2.45, 2.75) is 13.3 Å². The largest absolute Gasteiger partial charge is 0.457 e. The maximum atomic E-state index is 8.86. The SMILES string of the molecule is C=C(COc1nc(NCCC)nc(N/N=C/c2c[nH]c3ccccc23)n1)NCCO. The van der Waals surface area contributed by atoms with Crippen LogP contribution in [0.4, 0.5) is 11.9 Å². The van der Waals surface area contributed by atoms with Crippen LogP contribution in [0.2, 0.25) is 0 Å². The predicted octanol–water partition coefficient (Wildman–Crippen LogP) is 2.10. The Balaban J connectivity index is 1.69. The minimum Gasteiger partial charge on any atom is -0.457 e. The van der Waals surface area contributed by atoms with Crippen molar-refractivity contribution in [2.75, 3.05) is 37.0 Å². The lowest BCUT2D eigenvalue weighted by molar-refractivity contribution is 0.285. The Labute approximate surface area is 174 Å². The lowest BCUT2D eigenvalue weighted by atomic mass is 10.2. The number of aromatic nitrogens is 4. The van der Waals surface area contributed by atoms with E-state index in [1.165, 1.54) is 0 Å². The number of para-hydroxylation sites is 1. The Kier molecular flexibility index (Phi) is 7.56. The molecule has 0 fully saturated rings. The van der Waals surface area contributed by atoms with Gasteiger partial charge >= 0.3 is 6.01 Å². The minimum atomic E-state index is 0.0123. The van der Waals surface area contributed by atoms with Gasteiger partial charge in [0.05, 0.1) is 12.8 Å². The summed E-state index contributed by atoms with van der Waals surface area (Å²) in [5.74, 6) is 0.643. The molecule has 1 aromatic carbocycles. The molecule has 158 valence electrons. The molecule has 10 heteroatoms. The van der Waals surface area contributed by atoms with Crippen LogP contribution in [0.1, 0.15) is 18.9 Å². The summed E-state index contributed by atoms with van der Waals surface area (Å²) in [5, 5.41) is 20.2. The number of fused-ring (bicyclic) bond motifs is 1. The van der Waals surface area contributed by atoms with Crippen molar-refractivity contribution in [3.05, 3.63) is 48.3 Å². The van der Waals surface area contributed by atoms with Gasteiger partial charge in [-0.1, -0.05) is 31.7 Å². The number of benzene rings is 1. The second-order valence-electron chi connectivity index (χ2n) is 6.39. The number of aromatic amines is 1. The number of H-pyrrole nitrogens is 1. The van der Waals surface area contributed by atoms with Gasteiger partial charge in [-0.2, -0.15) is 20.1 Å². The first kappa shape index (κ1) is 21.1. The molecule has 0 amide bonds. The molecule has 10 nitrogen and oxygen atoms in total. The average Bonchev–Trinajstić information content (AvgIpc) is 3.18. The molecule has 0 spiro atoms. The summed E-state index contributed by atoms with van der Waals surface area (Å²) in [6, 6.07) is 8.12. The molecule has 0 aliphatic carbocycles. The third-order valence-electron chi connectivity index (χ3n) is 4.00. The Hall–Kier alpha value is -3.66. The van der Waals surface area contributed by atoms with E-state index in [2.05, 4.69) is 47.7 Å². The molecule has 0 aliphatic rings. The fourth-order valence-corrected chi connectivity index (χ4v) is 2.58. The first-order chi connectivity index (χ1) is 14.7. The Bertz CT molecular complexity index is 1000. The molecule has 2 heterocycles. The van der Waals surface area contributed by atoms with Gasteiger partial charge in [0.1, 0.15) is 6.61 Å². The van der Waals surface area contributed by atoms with E-state index in [1.807, 2.05) is 37.4 Å². The molecule has 0 saturated carbocycles. The average molecular weight is 410 g/mol. The number of hydrazone groups is 1. The molecule has 0 atom stereocenters. The highest BCUT2D eigenvalue weighted by molar-refractivity contribution is 5.99. The molecule has 5 N–H and O–H groups in total. The van der Waals surface area contributed by atoms with Gasteiger partial charge < -0.3 is 25.5 Å². The standard InChI is InChI=1S/C20H26N8O2/c1-3-8-22-18-25-19(27-20(26-18)30-13-14(2)21-9-10-29)28-24-12-15-11-23-17-7-5-4-6-16(15)17/h4-7,11-12,21,23,29H,2-3,8-10,13H2,1H3,(H2,22,25,26,27,28)/b24-12+. The third-order valence-corrected chi connectivity index (χ3v) is 4.00. The number of nitrogens with one attached hydrogen (secondary N) is 4. The predicted molar refractivity (Wildman–Crippen MR) is 118 cm³/mol. The van der Waals surface area contributed by atoms with E-state index in [0.717, 1.165) is 22.9 Å². The quantitative estimate of drug-likeness (QED) is 0.226. The van der Waals surface area contributed by atoms with E-state index in [9.17, 15) is 0 Å². The van der Waals surface area contributed by atoms with Crippen molar-refractivity contribution >= 4 is 29.0 Å². The number of nitrogens with zero attached hydrogens (tertiary/aromatic N) is 4. The lowest BCUT2D eigenvalue weighted by Crippen LogP contribution is -2.21. The zero-order valence-corrected chi connectivity index (χ0v) is 16.9. The Morgan fingerprint density at radius 3 is 2.90 bits per heavy atom. The van der Waals surface area contributed by atoms with Crippen molar-refractivity contribution in [3.8, 4) is 6.01 Å². The van der Waals surface area contributed by atoms with E-state index in [4.69, 9.17) is 9.84 Å². The molecule has 0 radical (unpaired) electrons. The number of aliphatic hydroxyl groups excluding tert-OH is 1. The summed E-state index contributed by atoms with van der Waals surface area (Å²) >= 11 is 0. The fourth-order valence-electron chi connectivity index (χ4n) is 2.58. The maximum absolute atomic E-state index is 8.86. The molecular formula is C20H26N8O2. The first-order valence-electron chi connectivity index (χ1n) is 9.70. The highest BCUT2D eigenvalue weighted by Gasteiger charge is 2.08. The number of aliphatic hydroxyl groups is 1. The van der Waals surface area contributed by atoms with Crippen LogP contribution in [0.5, 0.6) is 6.01 Å². The number of hydrogen-bond acceptors (Lipinski definition) is 9. The molecule has 30 heavy (non-hydrogen) atoms. The summed E-state index contributed by atoms with van der Waals surface area (Å²) in [7, 11) is 0. The van der Waals surface area contributed by atoms with Crippen LogP contribution < -0.4 is 20.8 Å². The summed E-state index contributed by atoms with van der Waals surface area (Å²) in [6.07, 6.45) is 4.51. The normalized spacial score (nSPS) is 11.0. The molecule has 0 aliphatic heterocycles. The molecule has 0 saturated heterocycles. The second kappa shape index (κ2) is 10.8. The van der Waals surface area contributed by atoms with Crippen LogP contribution >= 0.6 is 0 Å². The Morgan fingerprint density at radius 2 is 2.07 bits per heavy atom. The van der Waals surface area contributed by atoms with E-state index in [1.54, 1.807) is 6.21 Å². The second-order valence-corrected chi connectivity index (χ2v) is 6.39. The number of rotatable bonds is 12. The van der Waals surface area contributed by atoms with E-state index in [-0.39, 0.29) is 25.2 Å². The van der Waals surface area contributed by atoms with Crippen LogP contribution in [0.25, 0.3) is 10.9 Å². The smallest absolute Gasteiger partial charge is 0.323 e. The molecular weight excluding hydrogens is 384 g/mol. The highest BCUT2D eigenvalue weighted by atomic mass is 16.5. The van der Waals surface area contributed by atoms with Crippen molar-refractivity contribution in [2.24, 2.45) is 5.10 Å². The molecule has 0 bridgehead atoms. The van der Waals surface area contributed by atoms with Crippen LogP contribution in [-0.2, 0) is 0 Å². The first-order valence-corrected chi connectivity index (χ1v) is 9.70. The van der Waals surface area contributed by atoms with Crippen molar-refractivity contribution < 1.29 is 9.84 Å². The van der Waals surface area contributed by atoms with Gasteiger partial charge in [-0.3, -0.25) is 0 Å². The maximum Gasteiger partial charge on any atom is 0.323 e. The summed E-state index contributed by atoms with van der Waals surface area (Å²) in [5.41, 5.74) is 5.42. The summed E-state index contributed by atoms with van der Waals surface area (Å²) in [4.78, 5) is 16.0. The van der Waals surface area contributed by atoms with Crippen LogP contribution in [0, 0.1) is 0 Å². The van der Waals surface area contributed by atoms with E-state index in [0.29, 0.717) is 24.7 Å². The van der Waals surface area contributed by atoms with Crippen molar-refractivity contribution in [1.82, 2.24) is 25.3 Å². The molecule has 0 unspecified atom stereocenters. The Morgan fingerprint density at radius 1 is 1.23 bits per heavy atom. The minimum absolute atomic E-state index is 0.0123. The zero-order valence-electron chi connectivity index (χ0n) is 16.9. The van der Waals surface area contributed by atoms with Crippen molar-refractivity contribution in [1.29, 1.82) is 0 Å². The van der Waals surface area contributed by atoms with Crippen LogP contribution in [-0.4, -0.2) is 57.6 Å². The van der Waals surface area contributed by atoms with Gasteiger partial charge in [-0.25, -0.2) is 5.43 Å². The zero-order chi connectivity index (χ0) is 21.2. The molecule has 3 rings (SSSR count). The van der Waals surface area contributed by atoms with E-state index >= 15 is 0 Å². The van der Waals surface area contributed by atoms with Crippen molar-refractivity contribution in [3.63, 3.8) is 0 Å². The monoisotopic (exact) mass is 410 g/mol. The topological polar surface area (TPSA) is 132 Å². The van der Waals surface area contributed by atoms with Gasteiger partial charge in [0.2, 0.25) is 5.95 Å². The van der Waals surface area contributed by atoms with Crippen LogP contribution in [0.3, 0.4) is 0 Å². The van der Waals surface area contributed by atoms with Gasteiger partial charge in [0.25, 0.3) is 5.95 Å². The van der Waals surface area contributed by atoms with Gasteiger partial charge in [-0.05, 0) is 12.5 Å². The number of hydrogen-bond donors (Lipinski definition) is 5. The van der Waals surface area contributed by atoms with Gasteiger partial charge in [-0.15, -0.1) is 0 Å². The third kappa shape index (κ3) is 5.92. The molecule has 3 aromatic rings. The molecule has 2 aromatic heterocycles. The highest BCUT2D eigenvalue weighted by Crippen LogP contribution is 2.16. The number of ether oxygens (including phenoxy) is 1. The van der Waals surface area contributed by atoms with E-state index < -0.39 is 0 Å². The number of anilines is 2. The summed E-state index contributed by atoms with van der Waals surface area (Å²) < 4.78 is 5.59. The van der Waals surface area contributed by atoms with Gasteiger partial charge in [0.15, 0.2) is 0 Å². The van der Waals surface area contributed by atoms with Crippen LogP contribution in [0.15, 0.2) is 47.8 Å². The van der Waals surface area contributed by atoms with Gasteiger partial charge in [0, 0.05) is 41.4 Å².